The summed E-state index contributed by atoms with van der Waals surface area (Å²) >= 11 is 1.57. The van der Waals surface area contributed by atoms with Crippen molar-refractivity contribution >= 4 is 45.6 Å². The van der Waals surface area contributed by atoms with Crippen molar-refractivity contribution in [2.24, 2.45) is 0 Å². The molecule has 0 aliphatic heterocycles. The molecule has 130 valence electrons. The van der Waals surface area contributed by atoms with Gasteiger partial charge in [-0.3, -0.25) is 9.59 Å². The Labute approximate surface area is 152 Å². The van der Waals surface area contributed by atoms with Crippen LogP contribution in [0.5, 0.6) is 0 Å². The van der Waals surface area contributed by atoms with Gasteiger partial charge in [0.25, 0.3) is 0 Å². The molecule has 3 nitrogen and oxygen atoms in total. The fraction of sp³-hybridized carbons (Fsp3) is 0.300. The summed E-state index contributed by atoms with van der Waals surface area (Å²) < 4.78 is 7.92. The van der Waals surface area contributed by atoms with Crippen LogP contribution in [0.2, 0.25) is 19.6 Å². The number of Topliss-reactive ketones (excluding diaryl/α,β-unsaturated/α-hetero) is 1. The zero-order valence-electron chi connectivity index (χ0n) is 15.2. The van der Waals surface area contributed by atoms with Gasteiger partial charge in [0.2, 0.25) is 0 Å². The Morgan fingerprint density at radius 2 is 1.64 bits per heavy atom. The quantitative estimate of drug-likeness (QED) is 0.359. The van der Waals surface area contributed by atoms with E-state index in [-0.39, 0.29) is 11.2 Å². The molecule has 0 amide bonds. The van der Waals surface area contributed by atoms with Gasteiger partial charge >= 0.3 is 0 Å². The maximum atomic E-state index is 13.0. The molecule has 0 spiro atoms. The van der Waals surface area contributed by atoms with Crippen molar-refractivity contribution in [2.45, 2.75) is 39.1 Å². The van der Waals surface area contributed by atoms with Gasteiger partial charge in [0.15, 0.2) is 19.5 Å². The lowest BCUT2D eigenvalue weighted by Crippen LogP contribution is -2.44. The van der Waals surface area contributed by atoms with Gasteiger partial charge in [-0.05, 0) is 63.8 Å². The second-order valence-electron chi connectivity index (χ2n) is 7.69. The fourth-order valence-electron chi connectivity index (χ4n) is 3.10. The van der Waals surface area contributed by atoms with Crippen molar-refractivity contribution in [2.75, 3.05) is 0 Å². The second-order valence-corrected chi connectivity index (χ2v) is 13.2. The lowest BCUT2D eigenvalue weighted by Gasteiger charge is -2.31. The smallest absolute Gasteiger partial charge is 0.195 e. The summed E-state index contributed by atoms with van der Waals surface area (Å²) in [6.07, 6.45) is 0. The Balaban J connectivity index is 2.12. The SMILES string of the molecule is CC(C)(O[Si](C)(C)C)C(=O)c1ccc2sc3ccccc3c(=O)c2c1. The molecule has 0 saturated carbocycles. The topological polar surface area (TPSA) is 43.4 Å². The highest BCUT2D eigenvalue weighted by Gasteiger charge is 2.34. The Morgan fingerprint density at radius 3 is 2.32 bits per heavy atom. The molecule has 0 radical (unpaired) electrons. The van der Waals surface area contributed by atoms with E-state index in [1.165, 1.54) is 0 Å². The zero-order chi connectivity index (χ0) is 18.4. The van der Waals surface area contributed by atoms with E-state index in [2.05, 4.69) is 19.6 Å². The summed E-state index contributed by atoms with van der Waals surface area (Å²) in [6.45, 7) is 9.79. The minimum atomic E-state index is -1.87. The van der Waals surface area contributed by atoms with E-state index >= 15 is 0 Å². The average Bonchev–Trinajstić information content (AvgIpc) is 2.52. The van der Waals surface area contributed by atoms with E-state index < -0.39 is 13.9 Å². The molecule has 5 heteroatoms. The van der Waals surface area contributed by atoms with Crippen LogP contribution in [0, 0.1) is 0 Å². The van der Waals surface area contributed by atoms with Gasteiger partial charge in [-0.15, -0.1) is 11.3 Å². The van der Waals surface area contributed by atoms with Crippen molar-refractivity contribution in [1.29, 1.82) is 0 Å². The summed E-state index contributed by atoms with van der Waals surface area (Å²) in [5.41, 5.74) is -0.403. The molecule has 0 aliphatic rings. The molecule has 0 fully saturated rings. The summed E-state index contributed by atoms with van der Waals surface area (Å²) in [4.78, 5) is 25.8. The van der Waals surface area contributed by atoms with E-state index in [4.69, 9.17) is 4.43 Å². The molecule has 0 saturated heterocycles. The molecule has 3 aromatic rings. The van der Waals surface area contributed by atoms with E-state index in [0.717, 1.165) is 9.40 Å². The molecule has 25 heavy (non-hydrogen) atoms. The number of ketones is 1. The zero-order valence-corrected chi connectivity index (χ0v) is 17.0. The first-order valence-electron chi connectivity index (χ1n) is 8.29. The van der Waals surface area contributed by atoms with Crippen molar-refractivity contribution in [3.05, 3.63) is 58.3 Å². The number of hydrogen-bond donors (Lipinski definition) is 0. The summed E-state index contributed by atoms with van der Waals surface area (Å²) in [5, 5.41) is 1.29. The lowest BCUT2D eigenvalue weighted by molar-refractivity contribution is 0.0558. The molecule has 0 bridgehead atoms. The van der Waals surface area contributed by atoms with E-state index in [1.807, 2.05) is 30.3 Å². The van der Waals surface area contributed by atoms with Crippen LogP contribution in [0.25, 0.3) is 20.2 Å². The largest absolute Gasteiger partial charge is 0.405 e. The van der Waals surface area contributed by atoms with Gasteiger partial charge in [0, 0.05) is 25.7 Å². The maximum absolute atomic E-state index is 13.0. The van der Waals surface area contributed by atoms with Crippen LogP contribution in [-0.4, -0.2) is 19.7 Å². The highest BCUT2D eigenvalue weighted by atomic mass is 32.1. The molecular weight excluding hydrogens is 348 g/mol. The Bertz CT molecular complexity index is 1030. The number of carbonyl (C=O) groups is 1. The molecule has 0 N–H and O–H groups in total. The van der Waals surface area contributed by atoms with Crippen LogP contribution < -0.4 is 5.43 Å². The Hall–Kier alpha value is -1.82. The number of benzene rings is 2. The third-order valence-electron chi connectivity index (χ3n) is 3.95. The van der Waals surface area contributed by atoms with E-state index in [9.17, 15) is 9.59 Å². The standard InChI is InChI=1S/C20H22O3SSi/c1-20(2,23-25(3,4)5)19(22)13-10-11-17-15(12-13)18(21)14-8-6-7-9-16(14)24-17/h6-12H,1-5H3. The maximum Gasteiger partial charge on any atom is 0.195 e. The highest BCUT2D eigenvalue weighted by Crippen LogP contribution is 2.28. The monoisotopic (exact) mass is 370 g/mol. The third kappa shape index (κ3) is 3.59. The normalized spacial score (nSPS) is 12.7. The first kappa shape index (κ1) is 18.0. The van der Waals surface area contributed by atoms with Crippen molar-refractivity contribution in [3.8, 4) is 0 Å². The van der Waals surface area contributed by atoms with Crippen LogP contribution in [0.15, 0.2) is 47.3 Å². The first-order valence-corrected chi connectivity index (χ1v) is 12.5. The number of rotatable bonds is 4. The van der Waals surface area contributed by atoms with Crippen molar-refractivity contribution < 1.29 is 9.22 Å². The van der Waals surface area contributed by atoms with E-state index in [0.29, 0.717) is 16.3 Å². The fourth-order valence-corrected chi connectivity index (χ4v) is 5.78. The molecule has 3 rings (SSSR count). The molecule has 0 unspecified atom stereocenters. The molecule has 1 heterocycles. The van der Waals surface area contributed by atoms with Crippen molar-refractivity contribution in [1.82, 2.24) is 0 Å². The summed E-state index contributed by atoms with van der Waals surface area (Å²) in [7, 11) is -1.87. The minimum Gasteiger partial charge on any atom is -0.405 e. The summed E-state index contributed by atoms with van der Waals surface area (Å²) in [6, 6.07) is 13.0. The van der Waals surface area contributed by atoms with Gasteiger partial charge < -0.3 is 4.43 Å². The lowest BCUT2D eigenvalue weighted by atomic mass is 9.96. The highest BCUT2D eigenvalue weighted by molar-refractivity contribution is 7.24. The molecular formula is C20H22O3SSi. The molecule has 0 aliphatic carbocycles. The molecule has 2 aromatic carbocycles. The van der Waals surface area contributed by atoms with E-state index in [1.54, 1.807) is 37.3 Å². The van der Waals surface area contributed by atoms with Gasteiger partial charge in [-0.1, -0.05) is 12.1 Å². The van der Waals surface area contributed by atoms with Crippen molar-refractivity contribution in [3.63, 3.8) is 0 Å². The minimum absolute atomic E-state index is 0.0251. The van der Waals surface area contributed by atoms with Crippen LogP contribution in [0.4, 0.5) is 0 Å². The van der Waals surface area contributed by atoms with Crippen LogP contribution in [0.1, 0.15) is 24.2 Å². The van der Waals surface area contributed by atoms with Crippen LogP contribution in [0.3, 0.4) is 0 Å². The van der Waals surface area contributed by atoms with Crippen LogP contribution >= 0.6 is 11.3 Å². The number of hydrogen-bond acceptors (Lipinski definition) is 4. The molecule has 1 aromatic heterocycles. The Kier molecular flexibility index (Phi) is 4.43. The first-order chi connectivity index (χ1) is 11.6. The third-order valence-corrected chi connectivity index (χ3v) is 6.22. The summed E-state index contributed by atoms with van der Waals surface area (Å²) in [5.74, 6) is -0.0885. The second kappa shape index (κ2) is 6.16. The Morgan fingerprint density at radius 1 is 1.00 bits per heavy atom. The van der Waals surface area contributed by atoms with Gasteiger partial charge in [0.1, 0.15) is 5.60 Å². The predicted octanol–water partition coefficient (Wildman–Crippen LogP) is 5.23. The number of fused-ring (bicyclic) bond motifs is 2. The van der Waals surface area contributed by atoms with Crippen LogP contribution in [-0.2, 0) is 4.43 Å². The van der Waals surface area contributed by atoms with Gasteiger partial charge in [0.05, 0.1) is 0 Å². The molecule has 0 atom stereocenters. The average molecular weight is 371 g/mol. The van der Waals surface area contributed by atoms with Gasteiger partial charge in [-0.25, -0.2) is 0 Å². The van der Waals surface area contributed by atoms with Gasteiger partial charge in [-0.2, -0.15) is 0 Å². The predicted molar refractivity (Wildman–Crippen MR) is 108 cm³/mol. The number of carbonyl (C=O) groups excluding carboxylic acids is 1.